The van der Waals surface area contributed by atoms with Crippen LogP contribution in [-0.2, 0) is 0 Å². The smallest absolute Gasteiger partial charge is 0.127 e. The summed E-state index contributed by atoms with van der Waals surface area (Å²) in [5.74, 6) is 2.37. The van der Waals surface area contributed by atoms with E-state index in [1.165, 1.54) is 5.56 Å². The molecule has 0 spiro atoms. The Hall–Kier alpha value is -5.74. The van der Waals surface area contributed by atoms with Gasteiger partial charge in [0.2, 0.25) is 0 Å². The molecule has 0 aliphatic carbocycles. The molecule has 0 unspecified atom stereocenters. The van der Waals surface area contributed by atoms with Gasteiger partial charge in [-0.05, 0) is 78.7 Å². The van der Waals surface area contributed by atoms with Crippen LogP contribution in [0, 0.1) is 6.92 Å². The lowest BCUT2D eigenvalue weighted by molar-refractivity contribution is 0.415. The fraction of sp³-hybridized carbons (Fsp3) is 0.0500. The third-order valence-corrected chi connectivity index (χ3v) is 7.75. The SMILES string of the molecule is COc1ccc(-c2ccc(Oc3ccc(C4=Nc5ccccc5N=C(c5ccc(C)cc5)c5ccccc54)cc3)cc2)cc1. The second kappa shape index (κ2) is 11.9. The van der Waals surface area contributed by atoms with Crippen LogP contribution in [0.2, 0.25) is 0 Å². The maximum Gasteiger partial charge on any atom is 0.127 e. The standard InChI is InChI=1S/C40H30N2O2/c1-27-11-13-30(14-12-27)39-35-7-3-4-8-36(35)40(42-38-10-6-5-9-37(38)41-39)31-19-25-34(26-20-31)44-33-23-17-29(18-24-33)28-15-21-32(43-2)22-16-28/h3-26H,1-2H3. The van der Waals surface area contributed by atoms with Gasteiger partial charge in [0.15, 0.2) is 0 Å². The number of rotatable bonds is 6. The van der Waals surface area contributed by atoms with Crippen molar-refractivity contribution in [2.75, 3.05) is 7.11 Å². The molecule has 0 N–H and O–H groups in total. The summed E-state index contributed by atoms with van der Waals surface area (Å²) in [6.45, 7) is 2.10. The molecule has 4 heteroatoms. The second-order valence-corrected chi connectivity index (χ2v) is 10.7. The van der Waals surface area contributed by atoms with Gasteiger partial charge in [-0.15, -0.1) is 0 Å². The lowest BCUT2D eigenvalue weighted by Crippen LogP contribution is -2.14. The lowest BCUT2D eigenvalue weighted by Gasteiger charge is -2.19. The molecule has 6 aromatic carbocycles. The van der Waals surface area contributed by atoms with Gasteiger partial charge in [0.1, 0.15) is 17.2 Å². The third kappa shape index (κ3) is 5.53. The summed E-state index contributed by atoms with van der Waals surface area (Å²) in [6.07, 6.45) is 0. The molecule has 0 aromatic heterocycles. The molecule has 1 heterocycles. The number of aryl methyl sites for hydroxylation is 1. The number of hydrogen-bond acceptors (Lipinski definition) is 4. The van der Waals surface area contributed by atoms with E-state index in [1.54, 1.807) is 7.11 Å². The molecule has 1 aliphatic heterocycles. The van der Waals surface area contributed by atoms with Crippen molar-refractivity contribution in [3.05, 3.63) is 173 Å². The van der Waals surface area contributed by atoms with Gasteiger partial charge >= 0.3 is 0 Å². The Labute approximate surface area is 257 Å². The molecular weight excluding hydrogens is 540 g/mol. The maximum atomic E-state index is 6.22. The van der Waals surface area contributed by atoms with Crippen LogP contribution in [0.25, 0.3) is 11.1 Å². The molecule has 1 aliphatic rings. The summed E-state index contributed by atoms with van der Waals surface area (Å²) in [4.78, 5) is 10.3. The molecule has 0 saturated carbocycles. The number of hydrogen-bond donors (Lipinski definition) is 0. The molecule has 0 saturated heterocycles. The van der Waals surface area contributed by atoms with Crippen molar-refractivity contribution in [3.63, 3.8) is 0 Å². The van der Waals surface area contributed by atoms with Gasteiger partial charge in [-0.1, -0.05) is 90.5 Å². The first kappa shape index (κ1) is 27.1. The Morgan fingerprint density at radius 1 is 0.409 bits per heavy atom. The second-order valence-electron chi connectivity index (χ2n) is 10.7. The minimum atomic E-state index is 0.757. The zero-order valence-electron chi connectivity index (χ0n) is 24.6. The predicted molar refractivity (Wildman–Crippen MR) is 180 cm³/mol. The fourth-order valence-corrected chi connectivity index (χ4v) is 5.38. The minimum Gasteiger partial charge on any atom is -0.497 e. The van der Waals surface area contributed by atoms with Gasteiger partial charge in [-0.25, -0.2) is 9.98 Å². The van der Waals surface area contributed by atoms with Crippen LogP contribution in [0.4, 0.5) is 11.4 Å². The monoisotopic (exact) mass is 570 g/mol. The van der Waals surface area contributed by atoms with Crippen molar-refractivity contribution in [3.8, 4) is 28.4 Å². The van der Waals surface area contributed by atoms with Crippen molar-refractivity contribution in [2.24, 2.45) is 9.98 Å². The van der Waals surface area contributed by atoms with E-state index in [0.29, 0.717) is 0 Å². The molecule has 212 valence electrons. The van der Waals surface area contributed by atoms with E-state index in [1.807, 2.05) is 60.7 Å². The molecule has 0 bridgehead atoms. The van der Waals surface area contributed by atoms with Crippen molar-refractivity contribution in [2.45, 2.75) is 6.92 Å². The van der Waals surface area contributed by atoms with E-state index in [2.05, 4.69) is 91.9 Å². The van der Waals surface area contributed by atoms with Crippen LogP contribution >= 0.6 is 0 Å². The van der Waals surface area contributed by atoms with Crippen LogP contribution < -0.4 is 9.47 Å². The summed E-state index contributed by atoms with van der Waals surface area (Å²) >= 11 is 0. The summed E-state index contributed by atoms with van der Waals surface area (Å²) < 4.78 is 11.5. The Morgan fingerprint density at radius 3 is 1.25 bits per heavy atom. The van der Waals surface area contributed by atoms with Gasteiger partial charge in [0.05, 0.1) is 29.9 Å². The summed E-state index contributed by atoms with van der Waals surface area (Å²) in [5.41, 5.74) is 11.1. The quantitative estimate of drug-likeness (QED) is 0.200. The first-order valence-electron chi connectivity index (χ1n) is 14.6. The maximum absolute atomic E-state index is 6.22. The van der Waals surface area contributed by atoms with Gasteiger partial charge in [-0.3, -0.25) is 0 Å². The highest BCUT2D eigenvalue weighted by Gasteiger charge is 2.20. The Bertz CT molecular complexity index is 1990. The number of fused-ring (bicyclic) bond motifs is 2. The largest absolute Gasteiger partial charge is 0.497 e. The van der Waals surface area contributed by atoms with Crippen LogP contribution in [0.3, 0.4) is 0 Å². The van der Waals surface area contributed by atoms with E-state index >= 15 is 0 Å². The first-order chi connectivity index (χ1) is 21.6. The molecule has 4 nitrogen and oxygen atoms in total. The number of para-hydroxylation sites is 2. The van der Waals surface area contributed by atoms with Gasteiger partial charge < -0.3 is 9.47 Å². The molecule has 44 heavy (non-hydrogen) atoms. The molecule has 0 amide bonds. The van der Waals surface area contributed by atoms with Crippen LogP contribution in [0.5, 0.6) is 17.2 Å². The number of methoxy groups -OCH3 is 1. The Kier molecular flexibility index (Phi) is 7.31. The minimum absolute atomic E-state index is 0.757. The van der Waals surface area contributed by atoms with Crippen LogP contribution in [0.1, 0.15) is 27.8 Å². The average molecular weight is 571 g/mol. The summed E-state index contributed by atoms with van der Waals surface area (Å²) in [5, 5.41) is 0. The van der Waals surface area contributed by atoms with Crippen molar-refractivity contribution < 1.29 is 9.47 Å². The highest BCUT2D eigenvalue weighted by Crippen LogP contribution is 2.35. The molecular formula is C40H30N2O2. The van der Waals surface area contributed by atoms with E-state index in [4.69, 9.17) is 19.5 Å². The molecule has 6 aromatic rings. The molecule has 0 fully saturated rings. The highest BCUT2D eigenvalue weighted by atomic mass is 16.5. The van der Waals surface area contributed by atoms with E-state index < -0.39 is 0 Å². The summed E-state index contributed by atoms with van der Waals surface area (Å²) in [6, 6.07) is 49.3. The van der Waals surface area contributed by atoms with E-state index in [9.17, 15) is 0 Å². The number of nitrogens with zero attached hydrogens (tertiary/aromatic N) is 2. The summed E-state index contributed by atoms with van der Waals surface area (Å²) in [7, 11) is 1.67. The number of benzene rings is 6. The zero-order chi connectivity index (χ0) is 29.9. The highest BCUT2D eigenvalue weighted by molar-refractivity contribution is 6.25. The third-order valence-electron chi connectivity index (χ3n) is 7.75. The normalized spacial score (nSPS) is 12.1. The molecule has 7 rings (SSSR count). The van der Waals surface area contributed by atoms with Crippen molar-refractivity contribution in [1.29, 1.82) is 0 Å². The van der Waals surface area contributed by atoms with E-state index in [-0.39, 0.29) is 0 Å². The number of aliphatic imine (C=N–C) groups is 2. The Balaban J connectivity index is 1.21. The molecule has 0 atom stereocenters. The van der Waals surface area contributed by atoms with Gasteiger partial charge in [0.25, 0.3) is 0 Å². The molecule has 0 radical (unpaired) electrons. The van der Waals surface area contributed by atoms with Crippen LogP contribution in [-0.4, -0.2) is 18.5 Å². The van der Waals surface area contributed by atoms with Gasteiger partial charge in [-0.2, -0.15) is 0 Å². The van der Waals surface area contributed by atoms with E-state index in [0.717, 1.165) is 73.4 Å². The van der Waals surface area contributed by atoms with Crippen molar-refractivity contribution >= 4 is 22.8 Å². The van der Waals surface area contributed by atoms with Crippen LogP contribution in [0.15, 0.2) is 156 Å². The zero-order valence-corrected chi connectivity index (χ0v) is 24.6. The average Bonchev–Trinajstić information content (AvgIpc) is 3.07. The topological polar surface area (TPSA) is 43.2 Å². The Morgan fingerprint density at radius 2 is 0.795 bits per heavy atom. The van der Waals surface area contributed by atoms with Gasteiger partial charge in [0, 0.05) is 22.3 Å². The fourth-order valence-electron chi connectivity index (χ4n) is 5.38. The van der Waals surface area contributed by atoms with Crippen molar-refractivity contribution in [1.82, 2.24) is 0 Å². The predicted octanol–water partition coefficient (Wildman–Crippen LogP) is 10.1. The first-order valence-corrected chi connectivity index (χ1v) is 14.6. The number of ether oxygens (including phenoxy) is 2. The lowest BCUT2D eigenvalue weighted by atomic mass is 9.91.